The molecule has 2 aromatic rings. The second kappa shape index (κ2) is 3.66. The normalized spacial score (nSPS) is 11.0. The van der Waals surface area contributed by atoms with E-state index in [1.165, 1.54) is 16.7 Å². The second-order valence-electron chi connectivity index (χ2n) is 3.77. The Labute approximate surface area is 99.0 Å². The van der Waals surface area contributed by atoms with Crippen LogP contribution >= 0.6 is 23.2 Å². The maximum Gasteiger partial charge on any atom is 0.138 e. The first-order valence-electron chi connectivity index (χ1n) is 4.73. The molecule has 0 N–H and O–H groups in total. The summed E-state index contributed by atoms with van der Waals surface area (Å²) in [5, 5.41) is 2.98. The van der Waals surface area contributed by atoms with Gasteiger partial charge in [0.05, 0.1) is 0 Å². The van der Waals surface area contributed by atoms with Crippen molar-refractivity contribution in [1.82, 2.24) is 4.98 Å². The molecular formula is C12H11Cl2N. The van der Waals surface area contributed by atoms with Crippen LogP contribution in [-0.4, -0.2) is 4.98 Å². The van der Waals surface area contributed by atoms with Crippen LogP contribution in [0.1, 0.15) is 16.7 Å². The van der Waals surface area contributed by atoms with Crippen LogP contribution in [0.5, 0.6) is 0 Å². The topological polar surface area (TPSA) is 12.9 Å². The highest BCUT2D eigenvalue weighted by molar-refractivity contribution is 6.36. The van der Waals surface area contributed by atoms with Gasteiger partial charge in [-0.1, -0.05) is 23.2 Å². The van der Waals surface area contributed by atoms with E-state index in [1.54, 1.807) is 0 Å². The van der Waals surface area contributed by atoms with E-state index in [1.807, 2.05) is 6.07 Å². The summed E-state index contributed by atoms with van der Waals surface area (Å²) in [5.74, 6) is 0. The molecular weight excluding hydrogens is 229 g/mol. The van der Waals surface area contributed by atoms with Gasteiger partial charge >= 0.3 is 0 Å². The number of aromatic nitrogens is 1. The first-order chi connectivity index (χ1) is 7.00. The van der Waals surface area contributed by atoms with Crippen LogP contribution < -0.4 is 0 Å². The third-order valence-electron chi connectivity index (χ3n) is 2.90. The zero-order valence-corrected chi connectivity index (χ0v) is 10.4. The minimum Gasteiger partial charge on any atom is -0.224 e. The van der Waals surface area contributed by atoms with Crippen molar-refractivity contribution in [2.75, 3.05) is 0 Å². The van der Waals surface area contributed by atoms with Gasteiger partial charge in [0, 0.05) is 5.39 Å². The van der Waals surface area contributed by atoms with Gasteiger partial charge in [-0.3, -0.25) is 0 Å². The minimum atomic E-state index is 0.443. The van der Waals surface area contributed by atoms with Gasteiger partial charge in [-0.15, -0.1) is 0 Å². The Morgan fingerprint density at radius 2 is 1.60 bits per heavy atom. The van der Waals surface area contributed by atoms with Gasteiger partial charge in [0.1, 0.15) is 10.3 Å². The summed E-state index contributed by atoms with van der Waals surface area (Å²) >= 11 is 12.0. The molecule has 0 radical (unpaired) electrons. The Bertz CT molecular complexity index is 547. The van der Waals surface area contributed by atoms with Crippen molar-refractivity contribution in [1.29, 1.82) is 0 Å². The average molecular weight is 240 g/mol. The SMILES string of the molecule is Cc1cc2c(Cl)nc(Cl)cc2c(C)c1C. The Balaban J connectivity index is 2.98. The zero-order chi connectivity index (χ0) is 11.2. The predicted molar refractivity (Wildman–Crippen MR) is 66.0 cm³/mol. The molecule has 1 heterocycles. The molecule has 1 aromatic heterocycles. The Hall–Kier alpha value is -0.790. The van der Waals surface area contributed by atoms with Crippen LogP contribution in [0.15, 0.2) is 12.1 Å². The third kappa shape index (κ3) is 1.70. The van der Waals surface area contributed by atoms with E-state index in [9.17, 15) is 0 Å². The lowest BCUT2D eigenvalue weighted by atomic mass is 9.98. The maximum absolute atomic E-state index is 6.06. The molecule has 0 aliphatic rings. The Morgan fingerprint density at radius 3 is 2.27 bits per heavy atom. The van der Waals surface area contributed by atoms with Gasteiger partial charge in [-0.25, -0.2) is 4.98 Å². The molecule has 0 saturated heterocycles. The standard InChI is InChI=1S/C12H11Cl2N/c1-6-4-10-9(8(3)7(6)2)5-11(13)15-12(10)14/h4-5H,1-3H3. The number of pyridine rings is 1. The van der Waals surface area contributed by atoms with Crippen molar-refractivity contribution in [3.05, 3.63) is 39.1 Å². The second-order valence-corrected chi connectivity index (χ2v) is 4.52. The molecule has 0 spiro atoms. The average Bonchev–Trinajstić information content (AvgIpc) is 2.17. The fourth-order valence-corrected chi connectivity index (χ4v) is 2.25. The van der Waals surface area contributed by atoms with Gasteiger partial charge < -0.3 is 0 Å². The van der Waals surface area contributed by atoms with Crippen molar-refractivity contribution < 1.29 is 0 Å². The number of rotatable bonds is 0. The number of halogens is 2. The number of benzene rings is 1. The molecule has 0 unspecified atom stereocenters. The molecule has 0 fully saturated rings. The van der Waals surface area contributed by atoms with Gasteiger partial charge in [0.15, 0.2) is 0 Å². The molecule has 78 valence electrons. The van der Waals surface area contributed by atoms with E-state index in [4.69, 9.17) is 23.2 Å². The summed E-state index contributed by atoms with van der Waals surface area (Å²) in [7, 11) is 0. The van der Waals surface area contributed by atoms with Crippen LogP contribution in [-0.2, 0) is 0 Å². The van der Waals surface area contributed by atoms with Crippen molar-refractivity contribution in [3.8, 4) is 0 Å². The van der Waals surface area contributed by atoms with E-state index in [2.05, 4.69) is 31.8 Å². The third-order valence-corrected chi connectivity index (χ3v) is 3.38. The van der Waals surface area contributed by atoms with Crippen LogP contribution in [0.3, 0.4) is 0 Å². The predicted octanol–water partition coefficient (Wildman–Crippen LogP) is 4.47. The summed E-state index contributed by atoms with van der Waals surface area (Å²) in [4.78, 5) is 4.04. The van der Waals surface area contributed by atoms with Crippen molar-refractivity contribution in [3.63, 3.8) is 0 Å². The van der Waals surface area contributed by atoms with Crippen LogP contribution in [0.2, 0.25) is 10.3 Å². The smallest absolute Gasteiger partial charge is 0.138 e. The lowest BCUT2D eigenvalue weighted by Gasteiger charge is -2.10. The molecule has 0 saturated carbocycles. The van der Waals surface area contributed by atoms with Gasteiger partial charge in [-0.05, 0) is 55.0 Å². The van der Waals surface area contributed by atoms with Crippen molar-refractivity contribution in [2.24, 2.45) is 0 Å². The van der Waals surface area contributed by atoms with E-state index in [-0.39, 0.29) is 0 Å². The zero-order valence-electron chi connectivity index (χ0n) is 8.86. The maximum atomic E-state index is 6.06. The highest BCUT2D eigenvalue weighted by Gasteiger charge is 2.08. The number of aryl methyl sites for hydroxylation is 2. The summed E-state index contributed by atoms with van der Waals surface area (Å²) < 4.78 is 0. The van der Waals surface area contributed by atoms with Crippen LogP contribution in [0.25, 0.3) is 10.8 Å². The number of nitrogens with zero attached hydrogens (tertiary/aromatic N) is 1. The van der Waals surface area contributed by atoms with Crippen molar-refractivity contribution in [2.45, 2.75) is 20.8 Å². The fourth-order valence-electron chi connectivity index (χ4n) is 1.76. The lowest BCUT2D eigenvalue weighted by Crippen LogP contribution is -1.91. The minimum absolute atomic E-state index is 0.443. The van der Waals surface area contributed by atoms with Crippen LogP contribution in [0.4, 0.5) is 0 Å². The molecule has 0 aliphatic carbocycles. The van der Waals surface area contributed by atoms with Gasteiger partial charge in [0.2, 0.25) is 0 Å². The quantitative estimate of drug-likeness (QED) is 0.619. The summed E-state index contributed by atoms with van der Waals surface area (Å²) in [6, 6.07) is 3.92. The first kappa shape index (κ1) is 10.7. The highest BCUT2D eigenvalue weighted by atomic mass is 35.5. The number of hydrogen-bond donors (Lipinski definition) is 0. The molecule has 0 atom stereocenters. The fraction of sp³-hybridized carbons (Fsp3) is 0.250. The molecule has 0 amide bonds. The Morgan fingerprint density at radius 1 is 0.933 bits per heavy atom. The van der Waals surface area contributed by atoms with Gasteiger partial charge in [0.25, 0.3) is 0 Å². The monoisotopic (exact) mass is 239 g/mol. The van der Waals surface area contributed by atoms with E-state index in [0.29, 0.717) is 10.3 Å². The lowest BCUT2D eigenvalue weighted by molar-refractivity contribution is 1.28. The van der Waals surface area contributed by atoms with E-state index >= 15 is 0 Å². The summed E-state index contributed by atoms with van der Waals surface area (Å²) in [6.07, 6.45) is 0. The number of hydrogen-bond acceptors (Lipinski definition) is 1. The molecule has 1 nitrogen and oxygen atoms in total. The summed E-state index contributed by atoms with van der Waals surface area (Å²) in [5.41, 5.74) is 3.73. The summed E-state index contributed by atoms with van der Waals surface area (Å²) in [6.45, 7) is 6.26. The molecule has 1 aromatic carbocycles. The molecule has 0 bridgehead atoms. The van der Waals surface area contributed by atoms with E-state index in [0.717, 1.165) is 10.8 Å². The number of fused-ring (bicyclic) bond motifs is 1. The molecule has 3 heteroatoms. The Kier molecular flexibility index (Phi) is 2.61. The van der Waals surface area contributed by atoms with Crippen LogP contribution in [0, 0.1) is 20.8 Å². The molecule has 15 heavy (non-hydrogen) atoms. The largest absolute Gasteiger partial charge is 0.224 e. The van der Waals surface area contributed by atoms with E-state index < -0.39 is 0 Å². The molecule has 0 aliphatic heterocycles. The highest BCUT2D eigenvalue weighted by Crippen LogP contribution is 2.30. The first-order valence-corrected chi connectivity index (χ1v) is 5.49. The van der Waals surface area contributed by atoms with Crippen molar-refractivity contribution >= 4 is 34.0 Å². The molecule has 2 rings (SSSR count). The van der Waals surface area contributed by atoms with Gasteiger partial charge in [-0.2, -0.15) is 0 Å².